The first kappa shape index (κ1) is 16.4. The number of hydrogen-bond donors (Lipinski definition) is 1. The fourth-order valence-corrected chi connectivity index (χ4v) is 3.62. The van der Waals surface area contributed by atoms with Crippen molar-refractivity contribution in [2.45, 2.75) is 0 Å². The number of esters is 1. The van der Waals surface area contributed by atoms with Crippen LogP contribution >= 0.6 is 22.9 Å². The average molecular weight is 369 g/mol. The van der Waals surface area contributed by atoms with Gasteiger partial charge in [0, 0.05) is 12.1 Å². The van der Waals surface area contributed by atoms with Crippen LogP contribution in [-0.4, -0.2) is 42.0 Å². The molecule has 0 unspecified atom stereocenters. The van der Waals surface area contributed by atoms with Crippen molar-refractivity contribution in [3.05, 3.63) is 28.4 Å². The van der Waals surface area contributed by atoms with Gasteiger partial charge in [-0.2, -0.15) is 0 Å². The first-order chi connectivity index (χ1) is 11.5. The van der Waals surface area contributed by atoms with E-state index in [0.29, 0.717) is 27.5 Å². The summed E-state index contributed by atoms with van der Waals surface area (Å²) in [7, 11) is 4.31. The van der Waals surface area contributed by atoms with E-state index in [2.05, 4.69) is 9.72 Å². The van der Waals surface area contributed by atoms with Crippen LogP contribution in [0.2, 0.25) is 5.02 Å². The van der Waals surface area contributed by atoms with Crippen LogP contribution < -0.4 is 9.47 Å². The van der Waals surface area contributed by atoms with Crippen LogP contribution in [0, 0.1) is 0 Å². The van der Waals surface area contributed by atoms with Crippen molar-refractivity contribution in [1.82, 2.24) is 9.55 Å². The molecule has 1 aromatic carbocycles. The van der Waals surface area contributed by atoms with Gasteiger partial charge in [-0.3, -0.25) is 4.57 Å². The van der Waals surface area contributed by atoms with Gasteiger partial charge in [0.2, 0.25) is 0 Å². The van der Waals surface area contributed by atoms with Gasteiger partial charge in [-0.15, -0.1) is 11.3 Å². The van der Waals surface area contributed by atoms with E-state index in [4.69, 9.17) is 21.1 Å². The Balaban J connectivity index is 2.22. The van der Waals surface area contributed by atoms with Gasteiger partial charge in [-0.25, -0.2) is 9.78 Å². The van der Waals surface area contributed by atoms with Crippen molar-refractivity contribution in [1.29, 1.82) is 0 Å². The molecule has 2 heterocycles. The van der Waals surface area contributed by atoms with Gasteiger partial charge in [0.15, 0.2) is 22.1 Å². The maximum Gasteiger partial charge on any atom is 0.352 e. The van der Waals surface area contributed by atoms with Crippen LogP contribution in [0.15, 0.2) is 18.5 Å². The largest absolute Gasteiger partial charge is 0.505 e. The molecule has 0 bridgehead atoms. The highest BCUT2D eigenvalue weighted by Gasteiger charge is 2.24. The molecule has 0 aliphatic rings. The zero-order valence-electron chi connectivity index (χ0n) is 13.0. The standard InChI is InChI=1S/C15H13ClN2O5S/c1-21-9-4-7-8(5-10(9)22-2)18(6-17-7)14-11(16)12(19)13(24-14)15(20)23-3/h4-6,19H,1-3H3. The number of aromatic hydroxyl groups is 1. The molecule has 0 aliphatic heterocycles. The summed E-state index contributed by atoms with van der Waals surface area (Å²) < 4.78 is 16.9. The second kappa shape index (κ2) is 6.21. The van der Waals surface area contributed by atoms with E-state index in [1.165, 1.54) is 21.3 Å². The van der Waals surface area contributed by atoms with E-state index < -0.39 is 5.97 Å². The SMILES string of the molecule is COC(=O)c1sc(-n2cnc3cc(OC)c(OC)cc32)c(Cl)c1O. The van der Waals surface area contributed by atoms with Gasteiger partial charge in [0.1, 0.15) is 16.4 Å². The molecule has 0 atom stereocenters. The Morgan fingerprint density at radius 2 is 1.92 bits per heavy atom. The normalized spacial score (nSPS) is 10.8. The number of carbonyl (C=O) groups is 1. The van der Waals surface area contributed by atoms with Gasteiger partial charge >= 0.3 is 5.97 Å². The molecule has 0 radical (unpaired) electrons. The minimum absolute atomic E-state index is 0.0276. The molecule has 2 aromatic heterocycles. The highest BCUT2D eigenvalue weighted by molar-refractivity contribution is 7.17. The molecular formula is C15H13ClN2O5S. The lowest BCUT2D eigenvalue weighted by atomic mass is 10.2. The third-order valence-electron chi connectivity index (χ3n) is 3.45. The molecule has 0 saturated carbocycles. The van der Waals surface area contributed by atoms with Gasteiger partial charge < -0.3 is 19.3 Å². The molecule has 7 nitrogen and oxygen atoms in total. The fourth-order valence-electron chi connectivity index (χ4n) is 2.27. The highest BCUT2D eigenvalue weighted by Crippen LogP contribution is 2.43. The molecule has 0 amide bonds. The van der Waals surface area contributed by atoms with Gasteiger partial charge in [0.05, 0.1) is 32.4 Å². The van der Waals surface area contributed by atoms with Gasteiger partial charge in [-0.1, -0.05) is 11.6 Å². The number of imidazole rings is 1. The predicted octanol–water partition coefficient (Wildman–Crippen LogP) is 3.25. The highest BCUT2D eigenvalue weighted by atomic mass is 35.5. The number of carbonyl (C=O) groups excluding carboxylic acids is 1. The number of benzene rings is 1. The summed E-state index contributed by atoms with van der Waals surface area (Å²) in [5.41, 5.74) is 1.34. The second-order valence-corrected chi connectivity index (χ2v) is 6.08. The van der Waals surface area contributed by atoms with Crippen molar-refractivity contribution < 1.29 is 24.1 Å². The summed E-state index contributed by atoms with van der Waals surface area (Å²) in [5, 5.41) is 10.6. The molecule has 0 spiro atoms. The van der Waals surface area contributed by atoms with E-state index >= 15 is 0 Å². The Labute approximate surface area is 146 Å². The Hall–Kier alpha value is -2.45. The van der Waals surface area contributed by atoms with E-state index in [0.717, 1.165) is 11.3 Å². The lowest BCUT2D eigenvalue weighted by molar-refractivity contribution is 0.0603. The molecule has 24 heavy (non-hydrogen) atoms. The van der Waals surface area contributed by atoms with Crippen LogP contribution in [0.25, 0.3) is 16.0 Å². The summed E-state index contributed by atoms with van der Waals surface area (Å²) >= 11 is 7.20. The number of ether oxygens (including phenoxy) is 3. The zero-order valence-corrected chi connectivity index (χ0v) is 14.6. The van der Waals surface area contributed by atoms with Crippen molar-refractivity contribution in [2.75, 3.05) is 21.3 Å². The summed E-state index contributed by atoms with van der Waals surface area (Å²) in [6, 6.07) is 3.47. The minimum Gasteiger partial charge on any atom is -0.505 e. The number of thiophene rings is 1. The molecule has 0 fully saturated rings. The van der Waals surface area contributed by atoms with Crippen LogP contribution in [0.5, 0.6) is 17.2 Å². The van der Waals surface area contributed by atoms with Crippen molar-refractivity contribution in [2.24, 2.45) is 0 Å². The van der Waals surface area contributed by atoms with Crippen molar-refractivity contribution in [3.8, 4) is 22.2 Å². The van der Waals surface area contributed by atoms with E-state index in [1.54, 1.807) is 23.0 Å². The average Bonchev–Trinajstić information content (AvgIpc) is 3.14. The Kier molecular flexibility index (Phi) is 4.25. The van der Waals surface area contributed by atoms with Crippen LogP contribution in [0.3, 0.4) is 0 Å². The first-order valence-electron chi connectivity index (χ1n) is 6.70. The first-order valence-corrected chi connectivity index (χ1v) is 7.90. The maximum absolute atomic E-state index is 11.7. The van der Waals surface area contributed by atoms with E-state index in [-0.39, 0.29) is 15.6 Å². The summed E-state index contributed by atoms with van der Waals surface area (Å²) in [4.78, 5) is 16.1. The number of aromatic nitrogens is 2. The summed E-state index contributed by atoms with van der Waals surface area (Å²) in [6.07, 6.45) is 1.54. The zero-order chi connectivity index (χ0) is 17.4. The number of methoxy groups -OCH3 is 3. The number of rotatable bonds is 4. The van der Waals surface area contributed by atoms with Gasteiger partial charge in [0.25, 0.3) is 0 Å². The number of nitrogens with zero attached hydrogens (tertiary/aromatic N) is 2. The maximum atomic E-state index is 11.7. The van der Waals surface area contributed by atoms with Crippen LogP contribution in [0.1, 0.15) is 9.67 Å². The molecule has 3 aromatic rings. The monoisotopic (exact) mass is 368 g/mol. The third-order valence-corrected chi connectivity index (χ3v) is 5.08. The summed E-state index contributed by atoms with van der Waals surface area (Å²) in [5.74, 6) is 0.0997. The Bertz CT molecular complexity index is 934. The summed E-state index contributed by atoms with van der Waals surface area (Å²) in [6.45, 7) is 0. The smallest absolute Gasteiger partial charge is 0.352 e. The van der Waals surface area contributed by atoms with E-state index in [9.17, 15) is 9.90 Å². The number of hydrogen-bond acceptors (Lipinski definition) is 7. The molecule has 0 saturated heterocycles. The van der Waals surface area contributed by atoms with Gasteiger partial charge in [-0.05, 0) is 0 Å². The quantitative estimate of drug-likeness (QED) is 0.712. The van der Waals surface area contributed by atoms with Crippen LogP contribution in [0.4, 0.5) is 0 Å². The lowest BCUT2D eigenvalue weighted by Gasteiger charge is -2.08. The molecule has 126 valence electrons. The minimum atomic E-state index is -0.658. The topological polar surface area (TPSA) is 82.8 Å². The second-order valence-electron chi connectivity index (χ2n) is 4.70. The molecule has 3 rings (SSSR count). The fraction of sp³-hybridized carbons (Fsp3) is 0.200. The molecule has 0 aliphatic carbocycles. The van der Waals surface area contributed by atoms with Crippen molar-refractivity contribution >= 4 is 39.9 Å². The third kappa shape index (κ3) is 2.44. The molecule has 1 N–H and O–H groups in total. The Morgan fingerprint density at radius 1 is 1.25 bits per heavy atom. The molecule has 9 heteroatoms. The Morgan fingerprint density at radius 3 is 2.54 bits per heavy atom. The van der Waals surface area contributed by atoms with Crippen molar-refractivity contribution in [3.63, 3.8) is 0 Å². The van der Waals surface area contributed by atoms with E-state index in [1.807, 2.05) is 0 Å². The number of fused-ring (bicyclic) bond motifs is 1. The van der Waals surface area contributed by atoms with Crippen LogP contribution in [-0.2, 0) is 4.74 Å². The molecular weight excluding hydrogens is 356 g/mol. The lowest BCUT2D eigenvalue weighted by Crippen LogP contribution is -1.97. The predicted molar refractivity (Wildman–Crippen MR) is 90.1 cm³/mol. The number of halogens is 1.